The van der Waals surface area contributed by atoms with Crippen LogP contribution in [0.5, 0.6) is 0 Å². The lowest BCUT2D eigenvalue weighted by atomic mass is 10.2. The Morgan fingerprint density at radius 1 is 1.45 bits per heavy atom. The zero-order valence-corrected chi connectivity index (χ0v) is 13.5. The predicted molar refractivity (Wildman–Crippen MR) is 83.8 cm³/mol. The Labute approximate surface area is 127 Å². The number of ether oxygens (including phenoxy) is 1. The Bertz CT molecular complexity index is 590. The zero-order valence-electron chi connectivity index (χ0n) is 11.9. The van der Waals surface area contributed by atoms with Crippen molar-refractivity contribution in [3.8, 4) is 0 Å². The van der Waals surface area contributed by atoms with Gasteiger partial charge in [-0.05, 0) is 48.8 Å². The van der Waals surface area contributed by atoms with Gasteiger partial charge < -0.3 is 10.1 Å². The average Bonchev–Trinajstić information content (AvgIpc) is 3.02. The third kappa shape index (κ3) is 3.19. The molecule has 2 aromatic rings. The van der Waals surface area contributed by atoms with Crippen molar-refractivity contribution in [3.63, 3.8) is 0 Å². The lowest BCUT2D eigenvalue weighted by molar-refractivity contribution is 0.0527. The summed E-state index contributed by atoms with van der Waals surface area (Å²) in [5, 5.41) is 6.20. The summed E-state index contributed by atoms with van der Waals surface area (Å²) >= 11 is 3.04. The predicted octanol–water partition coefficient (Wildman–Crippen LogP) is 3.86. The normalized spacial score (nSPS) is 10.6. The molecule has 1 N–H and O–H groups in total. The van der Waals surface area contributed by atoms with Crippen LogP contribution in [0, 0.1) is 6.92 Å². The second-order valence-electron chi connectivity index (χ2n) is 4.27. The highest BCUT2D eigenvalue weighted by Crippen LogP contribution is 2.27. The lowest BCUT2D eigenvalue weighted by Crippen LogP contribution is -2.09. The standard InChI is InChI=1S/C14H18N2O2S2/c1-4-10-6-7-19-11(10)8-15-13-12(9(3)16-20-13)14(17)18-5-2/h6-7,15H,4-5,8H2,1-3H3. The maximum absolute atomic E-state index is 11.9. The highest BCUT2D eigenvalue weighted by atomic mass is 32.1. The highest BCUT2D eigenvalue weighted by molar-refractivity contribution is 7.11. The second-order valence-corrected chi connectivity index (χ2v) is 6.04. The van der Waals surface area contributed by atoms with Gasteiger partial charge >= 0.3 is 5.97 Å². The summed E-state index contributed by atoms with van der Waals surface area (Å²) < 4.78 is 9.32. The molecule has 6 heteroatoms. The van der Waals surface area contributed by atoms with Gasteiger partial charge in [-0.25, -0.2) is 4.79 Å². The number of nitrogens with zero attached hydrogens (tertiary/aromatic N) is 1. The van der Waals surface area contributed by atoms with Crippen molar-refractivity contribution in [2.75, 3.05) is 11.9 Å². The van der Waals surface area contributed by atoms with Gasteiger partial charge in [-0.15, -0.1) is 11.3 Å². The lowest BCUT2D eigenvalue weighted by Gasteiger charge is -2.07. The Kier molecular flexibility index (Phi) is 5.14. The van der Waals surface area contributed by atoms with Crippen LogP contribution in [0.2, 0.25) is 0 Å². The number of rotatable bonds is 6. The highest BCUT2D eigenvalue weighted by Gasteiger charge is 2.19. The quantitative estimate of drug-likeness (QED) is 0.823. The van der Waals surface area contributed by atoms with Crippen molar-refractivity contribution in [2.45, 2.75) is 33.7 Å². The zero-order chi connectivity index (χ0) is 14.5. The molecule has 0 atom stereocenters. The summed E-state index contributed by atoms with van der Waals surface area (Å²) in [6, 6.07) is 2.14. The van der Waals surface area contributed by atoms with Crippen LogP contribution in [-0.2, 0) is 17.7 Å². The fraction of sp³-hybridized carbons (Fsp3) is 0.429. The number of hydrogen-bond donors (Lipinski definition) is 1. The van der Waals surface area contributed by atoms with E-state index in [4.69, 9.17) is 4.74 Å². The molecule has 20 heavy (non-hydrogen) atoms. The smallest absolute Gasteiger partial charge is 0.343 e. The minimum Gasteiger partial charge on any atom is -0.462 e. The Hall–Kier alpha value is -1.40. The first-order valence-electron chi connectivity index (χ1n) is 6.59. The number of thiophene rings is 1. The molecular weight excluding hydrogens is 292 g/mol. The van der Waals surface area contributed by atoms with Gasteiger partial charge in [-0.3, -0.25) is 0 Å². The maximum Gasteiger partial charge on any atom is 0.343 e. The third-order valence-corrected chi connectivity index (χ3v) is 4.83. The first-order chi connectivity index (χ1) is 9.67. The van der Waals surface area contributed by atoms with Crippen LogP contribution in [0.3, 0.4) is 0 Å². The molecule has 108 valence electrons. The number of nitrogens with one attached hydrogen (secondary N) is 1. The van der Waals surface area contributed by atoms with Gasteiger partial charge in [0.25, 0.3) is 0 Å². The van der Waals surface area contributed by atoms with Gasteiger partial charge in [-0.1, -0.05) is 6.92 Å². The number of carbonyl (C=O) groups excluding carboxylic acids is 1. The number of aromatic nitrogens is 1. The molecule has 0 aromatic carbocycles. The molecule has 2 heterocycles. The number of carbonyl (C=O) groups is 1. The number of aryl methyl sites for hydroxylation is 2. The molecule has 0 aliphatic carbocycles. The van der Waals surface area contributed by atoms with Crippen molar-refractivity contribution in [1.29, 1.82) is 0 Å². The average molecular weight is 310 g/mol. The van der Waals surface area contributed by atoms with Crippen molar-refractivity contribution >= 4 is 33.8 Å². The van der Waals surface area contributed by atoms with E-state index in [2.05, 4.69) is 28.1 Å². The fourth-order valence-corrected chi connectivity index (χ4v) is 3.63. The number of esters is 1. The van der Waals surface area contributed by atoms with E-state index in [0.717, 1.165) is 23.7 Å². The SMILES string of the molecule is CCOC(=O)c1c(C)nsc1NCc1sccc1CC. The Morgan fingerprint density at radius 3 is 2.95 bits per heavy atom. The summed E-state index contributed by atoms with van der Waals surface area (Å²) in [5.41, 5.74) is 2.63. The Morgan fingerprint density at radius 2 is 2.25 bits per heavy atom. The van der Waals surface area contributed by atoms with Gasteiger partial charge in [0, 0.05) is 4.88 Å². The van der Waals surface area contributed by atoms with Crippen molar-refractivity contribution in [2.24, 2.45) is 0 Å². The molecule has 0 saturated carbocycles. The molecule has 0 fully saturated rings. The van der Waals surface area contributed by atoms with E-state index >= 15 is 0 Å². The molecule has 0 aliphatic heterocycles. The van der Waals surface area contributed by atoms with Crippen molar-refractivity contribution in [1.82, 2.24) is 4.37 Å². The molecule has 0 radical (unpaired) electrons. The molecule has 0 aliphatic rings. The number of anilines is 1. The largest absolute Gasteiger partial charge is 0.462 e. The van der Waals surface area contributed by atoms with Gasteiger partial charge in [-0.2, -0.15) is 4.37 Å². The van der Waals surface area contributed by atoms with Gasteiger partial charge in [0.1, 0.15) is 10.6 Å². The topological polar surface area (TPSA) is 51.2 Å². The summed E-state index contributed by atoms with van der Waals surface area (Å²) in [6.07, 6.45) is 1.02. The van der Waals surface area contributed by atoms with Crippen molar-refractivity contribution < 1.29 is 9.53 Å². The fourth-order valence-electron chi connectivity index (χ4n) is 1.93. The van der Waals surface area contributed by atoms with Gasteiger partial charge in [0.2, 0.25) is 0 Å². The van der Waals surface area contributed by atoms with E-state index < -0.39 is 0 Å². The molecular formula is C14H18N2O2S2. The molecule has 2 rings (SSSR count). The molecule has 0 spiro atoms. The minimum atomic E-state index is -0.303. The van der Waals surface area contributed by atoms with E-state index in [0.29, 0.717) is 12.2 Å². The molecule has 0 amide bonds. The molecule has 4 nitrogen and oxygen atoms in total. The molecule has 0 bridgehead atoms. The van der Waals surface area contributed by atoms with Crippen LogP contribution in [0.4, 0.5) is 5.00 Å². The maximum atomic E-state index is 11.9. The van der Waals surface area contributed by atoms with Gasteiger partial charge in [0.05, 0.1) is 18.8 Å². The minimum absolute atomic E-state index is 0.303. The summed E-state index contributed by atoms with van der Waals surface area (Å²) in [7, 11) is 0. The summed E-state index contributed by atoms with van der Waals surface area (Å²) in [6.45, 7) is 6.87. The van der Waals surface area contributed by atoms with Crippen LogP contribution in [-0.4, -0.2) is 16.9 Å². The third-order valence-electron chi connectivity index (χ3n) is 2.97. The van der Waals surface area contributed by atoms with Crippen LogP contribution >= 0.6 is 22.9 Å². The van der Waals surface area contributed by atoms with Crippen LogP contribution in [0.1, 0.15) is 40.3 Å². The first kappa shape index (κ1) is 15.0. The van der Waals surface area contributed by atoms with E-state index in [-0.39, 0.29) is 5.97 Å². The number of hydrogen-bond acceptors (Lipinski definition) is 6. The summed E-state index contributed by atoms with van der Waals surface area (Å²) in [4.78, 5) is 13.2. The van der Waals surface area contributed by atoms with E-state index in [1.54, 1.807) is 18.3 Å². The van der Waals surface area contributed by atoms with E-state index in [1.807, 2.05) is 6.92 Å². The molecule has 2 aromatic heterocycles. The second kappa shape index (κ2) is 6.85. The molecule has 0 unspecified atom stereocenters. The monoisotopic (exact) mass is 310 g/mol. The van der Waals surface area contributed by atoms with E-state index in [9.17, 15) is 4.79 Å². The summed E-state index contributed by atoms with van der Waals surface area (Å²) in [5.74, 6) is -0.303. The Balaban J connectivity index is 2.12. The first-order valence-corrected chi connectivity index (χ1v) is 8.25. The van der Waals surface area contributed by atoms with Crippen LogP contribution < -0.4 is 5.32 Å². The van der Waals surface area contributed by atoms with Gasteiger partial charge in [0.15, 0.2) is 0 Å². The van der Waals surface area contributed by atoms with Crippen molar-refractivity contribution in [3.05, 3.63) is 33.1 Å². The molecule has 0 saturated heterocycles. The van der Waals surface area contributed by atoms with E-state index in [1.165, 1.54) is 22.0 Å². The van der Waals surface area contributed by atoms with Crippen LogP contribution in [0.25, 0.3) is 0 Å². The van der Waals surface area contributed by atoms with Crippen LogP contribution in [0.15, 0.2) is 11.4 Å².